The van der Waals surface area contributed by atoms with Gasteiger partial charge in [0, 0.05) is 25.7 Å². The molecule has 0 aromatic heterocycles. The van der Waals surface area contributed by atoms with Crippen molar-refractivity contribution in [2.75, 3.05) is 24.6 Å². The molecule has 0 spiro atoms. The summed E-state index contributed by atoms with van der Waals surface area (Å²) in [6, 6.07) is 13.7. The highest BCUT2D eigenvalue weighted by molar-refractivity contribution is 5.93. The van der Waals surface area contributed by atoms with Crippen LogP contribution in [0.5, 0.6) is 0 Å². The Labute approximate surface area is 175 Å². The minimum Gasteiger partial charge on any atom is -0.452 e. The number of benzene rings is 2. The largest absolute Gasteiger partial charge is 0.452 e. The van der Waals surface area contributed by atoms with Gasteiger partial charge in [0.15, 0.2) is 6.61 Å². The standard InChI is InChI=1S/C22H25N3O5/c26-21(23-15-17-8-4-3-5-9-17)16-30-22(27)18-10-11-19(20(14-18)25(28)29)24-12-6-1-2-7-13-24/h3-5,8-11,14H,1-2,6-7,12-13,15-16H2,(H,23,26). The summed E-state index contributed by atoms with van der Waals surface area (Å²) in [6.07, 6.45) is 4.19. The summed E-state index contributed by atoms with van der Waals surface area (Å²) in [5.41, 5.74) is 1.37. The second-order valence-corrected chi connectivity index (χ2v) is 7.20. The molecule has 8 heteroatoms. The van der Waals surface area contributed by atoms with Gasteiger partial charge in [0.05, 0.1) is 10.5 Å². The number of carbonyl (C=O) groups excluding carboxylic acids is 2. The molecule has 158 valence electrons. The summed E-state index contributed by atoms with van der Waals surface area (Å²) in [6.45, 7) is 1.39. The summed E-state index contributed by atoms with van der Waals surface area (Å²) in [5, 5.41) is 14.2. The van der Waals surface area contributed by atoms with Gasteiger partial charge >= 0.3 is 5.97 Å². The molecule has 1 fully saturated rings. The maximum Gasteiger partial charge on any atom is 0.338 e. The van der Waals surface area contributed by atoms with Gasteiger partial charge in [0.1, 0.15) is 5.69 Å². The lowest BCUT2D eigenvalue weighted by Crippen LogP contribution is -2.28. The number of ether oxygens (including phenoxy) is 1. The van der Waals surface area contributed by atoms with Gasteiger partial charge < -0.3 is 15.0 Å². The van der Waals surface area contributed by atoms with Crippen LogP contribution < -0.4 is 10.2 Å². The monoisotopic (exact) mass is 411 g/mol. The highest BCUT2D eigenvalue weighted by atomic mass is 16.6. The Morgan fingerprint density at radius 1 is 1.03 bits per heavy atom. The van der Waals surface area contributed by atoms with E-state index in [1.54, 1.807) is 6.07 Å². The van der Waals surface area contributed by atoms with Crippen molar-refractivity contribution in [3.8, 4) is 0 Å². The van der Waals surface area contributed by atoms with E-state index in [2.05, 4.69) is 5.32 Å². The third-order valence-electron chi connectivity index (χ3n) is 5.02. The molecule has 1 saturated heterocycles. The molecule has 2 aromatic rings. The average Bonchev–Trinajstić information content (AvgIpc) is 3.05. The molecule has 8 nitrogen and oxygen atoms in total. The number of amides is 1. The van der Waals surface area contributed by atoms with Crippen LogP contribution in [-0.2, 0) is 16.1 Å². The van der Waals surface area contributed by atoms with Crippen LogP contribution >= 0.6 is 0 Å². The first-order chi connectivity index (χ1) is 14.5. The Hall–Kier alpha value is -3.42. The lowest BCUT2D eigenvalue weighted by Gasteiger charge is -2.22. The van der Waals surface area contributed by atoms with E-state index < -0.39 is 23.4 Å². The summed E-state index contributed by atoms with van der Waals surface area (Å²) in [5.74, 6) is -1.21. The Morgan fingerprint density at radius 3 is 2.40 bits per heavy atom. The molecule has 1 N–H and O–H groups in total. The topological polar surface area (TPSA) is 102 Å². The molecule has 0 aliphatic carbocycles. The third kappa shape index (κ3) is 5.79. The second kappa shape index (κ2) is 10.4. The quantitative estimate of drug-likeness (QED) is 0.425. The summed E-state index contributed by atoms with van der Waals surface area (Å²) in [7, 11) is 0. The van der Waals surface area contributed by atoms with Crippen LogP contribution in [-0.4, -0.2) is 36.5 Å². The second-order valence-electron chi connectivity index (χ2n) is 7.20. The lowest BCUT2D eigenvalue weighted by atomic mass is 10.1. The molecule has 0 bridgehead atoms. The smallest absolute Gasteiger partial charge is 0.338 e. The van der Waals surface area contributed by atoms with E-state index in [0.717, 1.165) is 44.3 Å². The normalized spacial score (nSPS) is 13.9. The summed E-state index contributed by atoms with van der Waals surface area (Å²) < 4.78 is 5.03. The molecule has 2 aromatic carbocycles. The zero-order chi connectivity index (χ0) is 21.3. The minimum atomic E-state index is -0.768. The molecule has 1 aliphatic rings. The number of carbonyl (C=O) groups is 2. The van der Waals surface area contributed by atoms with Gasteiger partial charge in [0.25, 0.3) is 11.6 Å². The Bertz CT molecular complexity index is 893. The van der Waals surface area contributed by atoms with Crippen molar-refractivity contribution in [2.45, 2.75) is 32.2 Å². The fraction of sp³-hybridized carbons (Fsp3) is 0.364. The van der Waals surface area contributed by atoms with E-state index in [1.807, 2.05) is 35.2 Å². The van der Waals surface area contributed by atoms with E-state index in [9.17, 15) is 19.7 Å². The van der Waals surface area contributed by atoms with Gasteiger partial charge in [-0.2, -0.15) is 0 Å². The number of hydrogen-bond acceptors (Lipinski definition) is 6. The Morgan fingerprint density at radius 2 is 1.73 bits per heavy atom. The van der Waals surface area contributed by atoms with Gasteiger partial charge in [-0.1, -0.05) is 43.2 Å². The van der Waals surface area contributed by atoms with Crippen molar-refractivity contribution in [1.29, 1.82) is 0 Å². The Kier molecular flexibility index (Phi) is 7.37. The van der Waals surface area contributed by atoms with E-state index >= 15 is 0 Å². The van der Waals surface area contributed by atoms with Gasteiger partial charge in [-0.05, 0) is 30.5 Å². The minimum absolute atomic E-state index is 0.0520. The van der Waals surface area contributed by atoms with Crippen molar-refractivity contribution in [3.05, 3.63) is 69.8 Å². The van der Waals surface area contributed by atoms with Crippen LogP contribution in [0.15, 0.2) is 48.5 Å². The number of esters is 1. The lowest BCUT2D eigenvalue weighted by molar-refractivity contribution is -0.384. The SMILES string of the molecule is O=C(COC(=O)c1ccc(N2CCCCCC2)c([N+](=O)[O-])c1)NCc1ccccc1. The van der Waals surface area contributed by atoms with Crippen LogP contribution in [0.3, 0.4) is 0 Å². The molecular weight excluding hydrogens is 386 g/mol. The molecular formula is C22H25N3O5. The van der Waals surface area contributed by atoms with Gasteiger partial charge in [-0.15, -0.1) is 0 Å². The molecule has 30 heavy (non-hydrogen) atoms. The Balaban J connectivity index is 1.60. The highest BCUT2D eigenvalue weighted by Gasteiger charge is 2.23. The maximum absolute atomic E-state index is 12.3. The van der Waals surface area contributed by atoms with Crippen molar-refractivity contribution >= 4 is 23.3 Å². The van der Waals surface area contributed by atoms with E-state index in [1.165, 1.54) is 12.1 Å². The van der Waals surface area contributed by atoms with E-state index in [4.69, 9.17) is 4.74 Å². The highest BCUT2D eigenvalue weighted by Crippen LogP contribution is 2.31. The summed E-state index contributed by atoms with van der Waals surface area (Å²) >= 11 is 0. The number of hydrogen-bond donors (Lipinski definition) is 1. The van der Waals surface area contributed by atoms with Gasteiger partial charge in [-0.3, -0.25) is 14.9 Å². The van der Waals surface area contributed by atoms with Crippen LogP contribution in [0.2, 0.25) is 0 Å². The zero-order valence-electron chi connectivity index (χ0n) is 16.7. The molecule has 1 aliphatic heterocycles. The average molecular weight is 411 g/mol. The molecule has 0 unspecified atom stereocenters. The van der Waals surface area contributed by atoms with Crippen LogP contribution in [0.25, 0.3) is 0 Å². The maximum atomic E-state index is 12.3. The fourth-order valence-corrected chi connectivity index (χ4v) is 3.44. The number of rotatable bonds is 7. The molecule has 3 rings (SSSR count). The fourth-order valence-electron chi connectivity index (χ4n) is 3.44. The van der Waals surface area contributed by atoms with Crippen LogP contribution in [0.1, 0.15) is 41.6 Å². The molecule has 0 radical (unpaired) electrons. The number of anilines is 1. The first-order valence-electron chi connectivity index (χ1n) is 10.1. The third-order valence-corrected chi connectivity index (χ3v) is 5.02. The van der Waals surface area contributed by atoms with Gasteiger partial charge in [0.2, 0.25) is 0 Å². The molecule has 0 saturated carbocycles. The van der Waals surface area contributed by atoms with Crippen molar-refractivity contribution in [2.24, 2.45) is 0 Å². The predicted molar refractivity (Wildman–Crippen MR) is 112 cm³/mol. The summed E-state index contributed by atoms with van der Waals surface area (Å²) in [4.78, 5) is 37.3. The molecule has 1 heterocycles. The predicted octanol–water partition coefficient (Wildman–Crippen LogP) is 3.45. The van der Waals surface area contributed by atoms with Crippen molar-refractivity contribution in [3.63, 3.8) is 0 Å². The first-order valence-corrected chi connectivity index (χ1v) is 10.1. The number of nitrogens with one attached hydrogen (secondary N) is 1. The van der Waals surface area contributed by atoms with Crippen LogP contribution in [0.4, 0.5) is 11.4 Å². The van der Waals surface area contributed by atoms with Crippen molar-refractivity contribution < 1.29 is 19.2 Å². The van der Waals surface area contributed by atoms with Gasteiger partial charge in [-0.25, -0.2) is 4.79 Å². The van der Waals surface area contributed by atoms with Crippen molar-refractivity contribution in [1.82, 2.24) is 5.32 Å². The van der Waals surface area contributed by atoms with Crippen LogP contribution in [0, 0.1) is 10.1 Å². The van der Waals surface area contributed by atoms with E-state index in [-0.39, 0.29) is 11.3 Å². The number of nitro groups is 1. The van der Waals surface area contributed by atoms with E-state index in [0.29, 0.717) is 12.2 Å². The number of nitro benzene ring substituents is 1. The molecule has 0 atom stereocenters. The molecule has 1 amide bonds. The first kappa shape index (κ1) is 21.3. The number of nitrogens with zero attached hydrogens (tertiary/aromatic N) is 2. The zero-order valence-corrected chi connectivity index (χ0v) is 16.7.